The van der Waals surface area contributed by atoms with Crippen molar-refractivity contribution < 1.29 is 14.3 Å². The van der Waals surface area contributed by atoms with Gasteiger partial charge >= 0.3 is 0 Å². The van der Waals surface area contributed by atoms with Gasteiger partial charge in [-0.25, -0.2) is 4.98 Å². The van der Waals surface area contributed by atoms with Gasteiger partial charge in [0.2, 0.25) is 5.91 Å². The minimum atomic E-state index is -0.306. The highest BCUT2D eigenvalue weighted by Crippen LogP contribution is 2.29. The van der Waals surface area contributed by atoms with Gasteiger partial charge in [0.1, 0.15) is 12.4 Å². The Morgan fingerprint density at radius 3 is 2.70 bits per heavy atom. The van der Waals surface area contributed by atoms with E-state index in [1.165, 1.54) is 12.7 Å². The van der Waals surface area contributed by atoms with E-state index in [0.717, 1.165) is 12.0 Å². The number of carbonyl (C=O) groups excluding carboxylic acids is 2. The van der Waals surface area contributed by atoms with Crippen LogP contribution in [0.3, 0.4) is 0 Å². The van der Waals surface area contributed by atoms with Crippen LogP contribution in [0, 0.1) is 0 Å². The molecular weight excluding hydrogens is 438 g/mol. The van der Waals surface area contributed by atoms with Gasteiger partial charge < -0.3 is 19.9 Å². The maximum atomic E-state index is 13.4. The maximum absolute atomic E-state index is 13.4. The minimum Gasteiger partial charge on any atom is -0.375 e. The summed E-state index contributed by atoms with van der Waals surface area (Å²) in [5.74, 6) is 0.169. The largest absolute Gasteiger partial charge is 0.375 e. The maximum Gasteiger partial charge on any atom is 0.253 e. The van der Waals surface area contributed by atoms with Gasteiger partial charge in [-0.05, 0) is 60.0 Å². The Morgan fingerprint density at radius 2 is 2.00 bits per heavy atom. The fourth-order valence-corrected chi connectivity index (χ4v) is 4.48. The third kappa shape index (κ3) is 5.10. The zero-order chi connectivity index (χ0) is 23.4. The first-order chi connectivity index (χ1) is 16.0. The third-order valence-corrected chi connectivity index (χ3v) is 5.94. The average molecular weight is 464 g/mol. The summed E-state index contributed by atoms with van der Waals surface area (Å²) in [7, 11) is 3.33. The first-order valence-corrected chi connectivity index (χ1v) is 11.4. The molecule has 0 aliphatic rings. The summed E-state index contributed by atoms with van der Waals surface area (Å²) in [6.07, 6.45) is 4.13. The number of aryl methyl sites for hydroxylation is 1. The lowest BCUT2D eigenvalue weighted by molar-refractivity contribution is -0.119. The number of fused-ring (bicyclic) bond motifs is 1. The Morgan fingerprint density at radius 1 is 1.21 bits per heavy atom. The normalized spacial score (nSPS) is 12.0. The fourth-order valence-electron chi connectivity index (χ4n) is 3.80. The lowest BCUT2D eigenvalue weighted by Crippen LogP contribution is -2.34. The summed E-state index contributed by atoms with van der Waals surface area (Å²) < 4.78 is 6.80. The fraction of sp³-hybridized carbons (Fsp3) is 0.250. The minimum absolute atomic E-state index is 0.0678. The van der Waals surface area contributed by atoms with E-state index in [1.807, 2.05) is 36.1 Å². The molecule has 4 aromatic rings. The highest BCUT2D eigenvalue weighted by molar-refractivity contribution is 7.07. The van der Waals surface area contributed by atoms with E-state index in [9.17, 15) is 9.59 Å². The van der Waals surface area contributed by atoms with Crippen LogP contribution in [0.4, 0.5) is 5.69 Å². The second-order valence-corrected chi connectivity index (χ2v) is 8.59. The van der Waals surface area contributed by atoms with E-state index in [0.29, 0.717) is 28.1 Å². The molecule has 3 heterocycles. The van der Waals surface area contributed by atoms with E-state index in [1.54, 1.807) is 35.9 Å². The first kappa shape index (κ1) is 22.6. The Hall–Kier alpha value is -3.56. The van der Waals surface area contributed by atoms with Crippen molar-refractivity contribution in [3.8, 4) is 11.4 Å². The number of imidazole rings is 1. The van der Waals surface area contributed by atoms with Crippen LogP contribution in [-0.4, -0.2) is 46.1 Å². The summed E-state index contributed by atoms with van der Waals surface area (Å²) in [5.41, 5.74) is 4.28. The van der Waals surface area contributed by atoms with Crippen molar-refractivity contribution in [2.24, 2.45) is 7.05 Å². The predicted molar refractivity (Wildman–Crippen MR) is 129 cm³/mol. The number of hydrogen-bond donors (Lipinski definition) is 2. The molecule has 3 aromatic heterocycles. The zero-order valence-corrected chi connectivity index (χ0v) is 19.5. The molecule has 0 unspecified atom stereocenters. The lowest BCUT2D eigenvalue weighted by Gasteiger charge is -2.15. The van der Waals surface area contributed by atoms with Crippen LogP contribution in [0.2, 0.25) is 0 Å². The Kier molecular flexibility index (Phi) is 6.81. The SMILES string of the molecule is COCC(=O)Nc1cc(C(=O)N[C@H](C)Cc2ccsc2)c2c(c1)nc(-c1ccncc1)n2C. The second-order valence-electron chi connectivity index (χ2n) is 7.81. The van der Waals surface area contributed by atoms with Gasteiger partial charge in [0, 0.05) is 43.8 Å². The number of hydrogen-bond acceptors (Lipinski definition) is 6. The lowest BCUT2D eigenvalue weighted by atomic mass is 10.1. The number of aromatic nitrogens is 3. The van der Waals surface area contributed by atoms with Gasteiger partial charge in [0.25, 0.3) is 5.91 Å². The van der Waals surface area contributed by atoms with Crippen LogP contribution >= 0.6 is 11.3 Å². The van der Waals surface area contributed by atoms with Crippen LogP contribution in [-0.2, 0) is 23.0 Å². The molecule has 0 saturated carbocycles. The average Bonchev–Trinajstić information content (AvgIpc) is 3.41. The van der Waals surface area contributed by atoms with E-state index < -0.39 is 0 Å². The number of anilines is 1. The van der Waals surface area contributed by atoms with E-state index >= 15 is 0 Å². The number of rotatable bonds is 8. The molecule has 0 saturated heterocycles. The topological polar surface area (TPSA) is 98.1 Å². The smallest absolute Gasteiger partial charge is 0.253 e. The summed E-state index contributed by atoms with van der Waals surface area (Å²) in [4.78, 5) is 34.3. The second kappa shape index (κ2) is 9.93. The molecule has 0 spiro atoms. The monoisotopic (exact) mass is 463 g/mol. The Labute approximate surface area is 195 Å². The van der Waals surface area contributed by atoms with Crippen LogP contribution in [0.25, 0.3) is 22.4 Å². The predicted octanol–water partition coefficient (Wildman–Crippen LogP) is 3.64. The van der Waals surface area contributed by atoms with Crippen molar-refractivity contribution in [2.45, 2.75) is 19.4 Å². The van der Waals surface area contributed by atoms with Crippen molar-refractivity contribution in [3.63, 3.8) is 0 Å². The van der Waals surface area contributed by atoms with E-state index in [4.69, 9.17) is 9.72 Å². The van der Waals surface area contributed by atoms with Crippen molar-refractivity contribution in [2.75, 3.05) is 19.0 Å². The van der Waals surface area contributed by atoms with E-state index in [-0.39, 0.29) is 24.5 Å². The number of methoxy groups -OCH3 is 1. The summed E-state index contributed by atoms with van der Waals surface area (Å²) in [6.45, 7) is 1.89. The zero-order valence-electron chi connectivity index (χ0n) is 18.7. The first-order valence-electron chi connectivity index (χ1n) is 10.5. The highest BCUT2D eigenvalue weighted by Gasteiger charge is 2.21. The third-order valence-electron chi connectivity index (χ3n) is 5.21. The van der Waals surface area contributed by atoms with Gasteiger partial charge in [-0.2, -0.15) is 11.3 Å². The molecule has 8 nitrogen and oxygen atoms in total. The number of thiophene rings is 1. The number of nitrogens with zero attached hydrogens (tertiary/aromatic N) is 3. The van der Waals surface area contributed by atoms with Crippen LogP contribution < -0.4 is 10.6 Å². The molecule has 0 fully saturated rings. The molecule has 9 heteroatoms. The number of amides is 2. The van der Waals surface area contributed by atoms with E-state index in [2.05, 4.69) is 27.1 Å². The molecule has 2 N–H and O–H groups in total. The van der Waals surface area contributed by atoms with Gasteiger partial charge in [0.15, 0.2) is 0 Å². The highest BCUT2D eigenvalue weighted by atomic mass is 32.1. The summed E-state index contributed by atoms with van der Waals surface area (Å²) >= 11 is 1.63. The molecule has 0 bridgehead atoms. The number of carbonyl (C=O) groups is 2. The Bertz CT molecular complexity index is 1270. The van der Waals surface area contributed by atoms with Crippen molar-refractivity contribution in [1.82, 2.24) is 19.9 Å². The molecule has 0 radical (unpaired) electrons. The molecule has 2 amide bonds. The molecule has 170 valence electrons. The number of ether oxygens (including phenoxy) is 1. The molecule has 0 aliphatic heterocycles. The van der Waals surface area contributed by atoms with Crippen LogP contribution in [0.5, 0.6) is 0 Å². The van der Waals surface area contributed by atoms with Gasteiger partial charge in [-0.1, -0.05) is 0 Å². The van der Waals surface area contributed by atoms with Gasteiger partial charge in [-0.15, -0.1) is 0 Å². The summed E-state index contributed by atoms with van der Waals surface area (Å²) in [5, 5.41) is 9.97. The standard InChI is InChI=1S/C24H25N5O3S/c1-15(10-16-6-9-33-14-16)26-24(31)19-11-18(27-21(30)13-32-3)12-20-22(19)29(2)23(28-20)17-4-7-25-8-5-17/h4-9,11-12,14-15H,10,13H2,1-3H3,(H,26,31)(H,27,30)/t15-/m1/s1. The van der Waals surface area contributed by atoms with Crippen LogP contribution in [0.15, 0.2) is 53.5 Å². The van der Waals surface area contributed by atoms with Gasteiger partial charge in [0.05, 0.1) is 16.6 Å². The molecular formula is C24H25N5O3S. The van der Waals surface area contributed by atoms with Crippen LogP contribution in [0.1, 0.15) is 22.8 Å². The number of pyridine rings is 1. The Balaban J connectivity index is 1.73. The molecule has 1 atom stereocenters. The summed E-state index contributed by atoms with van der Waals surface area (Å²) in [6, 6.07) is 9.16. The molecule has 1 aromatic carbocycles. The number of nitrogens with one attached hydrogen (secondary N) is 2. The molecule has 0 aliphatic carbocycles. The molecule has 33 heavy (non-hydrogen) atoms. The van der Waals surface area contributed by atoms with Crippen molar-refractivity contribution in [3.05, 3.63) is 64.6 Å². The number of benzene rings is 1. The van der Waals surface area contributed by atoms with Crippen molar-refractivity contribution in [1.29, 1.82) is 0 Å². The molecule has 4 rings (SSSR count). The quantitative estimate of drug-likeness (QED) is 0.416. The van der Waals surface area contributed by atoms with Gasteiger partial charge in [-0.3, -0.25) is 14.6 Å². The van der Waals surface area contributed by atoms with Crippen molar-refractivity contribution >= 4 is 39.9 Å².